The van der Waals surface area contributed by atoms with Crippen molar-refractivity contribution in [3.8, 4) is 5.75 Å². The molecule has 1 aromatic carbocycles. The van der Waals surface area contributed by atoms with Crippen molar-refractivity contribution in [1.29, 1.82) is 0 Å². The third-order valence-corrected chi connectivity index (χ3v) is 2.68. The molecule has 1 aliphatic heterocycles. The Morgan fingerprint density at radius 2 is 2.19 bits per heavy atom. The van der Waals surface area contributed by atoms with E-state index in [9.17, 15) is 5.11 Å². The third-order valence-electron chi connectivity index (χ3n) is 2.68. The molecule has 1 aliphatic rings. The smallest absolute Gasteiger partial charge is 0.130 e. The molecule has 1 atom stereocenters. The fourth-order valence-corrected chi connectivity index (χ4v) is 2.01. The highest BCUT2D eigenvalue weighted by Crippen LogP contribution is 2.38. The number of rotatable bonds is 2. The fourth-order valence-electron chi connectivity index (χ4n) is 2.01. The molecule has 1 N–H and O–H groups in total. The van der Waals surface area contributed by atoms with Gasteiger partial charge >= 0.3 is 0 Å². The highest BCUT2D eigenvalue weighted by atomic mass is 16.5. The number of aliphatic hydroxyl groups excluding tert-OH is 1. The summed E-state index contributed by atoms with van der Waals surface area (Å²) in [7, 11) is 0. The van der Waals surface area contributed by atoms with Gasteiger partial charge < -0.3 is 9.84 Å². The molecule has 0 fully saturated rings. The molecule has 1 heterocycles. The molecule has 16 heavy (non-hydrogen) atoms. The zero-order valence-corrected chi connectivity index (χ0v) is 10.0. The molecule has 0 radical (unpaired) electrons. The van der Waals surface area contributed by atoms with Crippen molar-refractivity contribution in [3.63, 3.8) is 0 Å². The van der Waals surface area contributed by atoms with Crippen molar-refractivity contribution in [2.45, 2.75) is 38.9 Å². The Hall–Kier alpha value is -1.28. The van der Waals surface area contributed by atoms with Gasteiger partial charge in [0.15, 0.2) is 0 Å². The lowest BCUT2D eigenvalue weighted by atomic mass is 10.0. The molecule has 0 amide bonds. The van der Waals surface area contributed by atoms with Crippen molar-refractivity contribution in [2.24, 2.45) is 0 Å². The van der Waals surface area contributed by atoms with E-state index in [-0.39, 0.29) is 5.60 Å². The molecule has 0 bridgehead atoms. The first-order valence-corrected chi connectivity index (χ1v) is 5.65. The summed E-state index contributed by atoms with van der Waals surface area (Å²) >= 11 is 0. The van der Waals surface area contributed by atoms with Gasteiger partial charge in [-0.1, -0.05) is 30.4 Å². The summed E-state index contributed by atoms with van der Waals surface area (Å²) in [6.45, 7) is 5.93. The summed E-state index contributed by atoms with van der Waals surface area (Å²) in [6, 6.07) is 6.15. The van der Waals surface area contributed by atoms with E-state index in [1.807, 2.05) is 18.2 Å². The van der Waals surface area contributed by atoms with Gasteiger partial charge in [0.2, 0.25) is 0 Å². The monoisotopic (exact) mass is 218 g/mol. The van der Waals surface area contributed by atoms with Gasteiger partial charge in [0.1, 0.15) is 11.4 Å². The zero-order valence-electron chi connectivity index (χ0n) is 10.0. The molecular weight excluding hydrogens is 200 g/mol. The van der Waals surface area contributed by atoms with Gasteiger partial charge in [-0.05, 0) is 26.3 Å². The first-order chi connectivity index (χ1) is 7.48. The number of para-hydroxylation sites is 1. The molecule has 0 aliphatic carbocycles. The Morgan fingerprint density at radius 3 is 2.88 bits per heavy atom. The molecule has 1 unspecified atom stereocenters. The lowest BCUT2D eigenvalue weighted by Crippen LogP contribution is -2.24. The molecule has 2 heteroatoms. The predicted octanol–water partition coefficient (Wildman–Crippen LogP) is 2.79. The normalized spacial score (nSPS) is 19.5. The second kappa shape index (κ2) is 3.95. The van der Waals surface area contributed by atoms with Crippen LogP contribution in [0.5, 0.6) is 5.75 Å². The molecule has 0 saturated carbocycles. The predicted molar refractivity (Wildman–Crippen MR) is 65.6 cm³/mol. The fraction of sp³-hybridized carbons (Fsp3) is 0.429. The second-order valence-electron chi connectivity index (χ2n) is 4.97. The van der Waals surface area contributed by atoms with Crippen LogP contribution in [0.1, 0.15) is 31.9 Å². The van der Waals surface area contributed by atoms with Crippen molar-refractivity contribution < 1.29 is 9.84 Å². The standard InChI is InChI=1S/C14H18O2/c1-10(15)7-8-11-5-4-6-12-9-14(2,3)16-13(11)12/h4-8,10,15H,9H2,1-3H3/b8-7+. The van der Waals surface area contributed by atoms with Crippen molar-refractivity contribution >= 4 is 6.08 Å². The number of aliphatic hydroxyl groups is 1. The van der Waals surface area contributed by atoms with E-state index in [0.29, 0.717) is 0 Å². The maximum atomic E-state index is 9.24. The number of ether oxygens (including phenoxy) is 1. The SMILES string of the molecule is CC(O)/C=C/c1cccc2c1OC(C)(C)C2. The van der Waals surface area contributed by atoms with Gasteiger partial charge in [-0.3, -0.25) is 0 Å². The number of benzene rings is 1. The first kappa shape index (κ1) is 11.2. The van der Waals surface area contributed by atoms with Gasteiger partial charge in [0.25, 0.3) is 0 Å². The maximum absolute atomic E-state index is 9.24. The van der Waals surface area contributed by atoms with E-state index < -0.39 is 6.10 Å². The van der Waals surface area contributed by atoms with E-state index in [1.54, 1.807) is 13.0 Å². The van der Waals surface area contributed by atoms with Gasteiger partial charge in [-0.2, -0.15) is 0 Å². The summed E-state index contributed by atoms with van der Waals surface area (Å²) in [4.78, 5) is 0. The minimum Gasteiger partial charge on any atom is -0.487 e. The molecule has 0 saturated heterocycles. The maximum Gasteiger partial charge on any atom is 0.130 e. The second-order valence-corrected chi connectivity index (χ2v) is 4.97. The molecule has 86 valence electrons. The van der Waals surface area contributed by atoms with Gasteiger partial charge in [-0.15, -0.1) is 0 Å². The molecule has 0 spiro atoms. The van der Waals surface area contributed by atoms with E-state index >= 15 is 0 Å². The largest absolute Gasteiger partial charge is 0.487 e. The number of hydrogen-bond acceptors (Lipinski definition) is 2. The van der Waals surface area contributed by atoms with Crippen LogP contribution in [0.2, 0.25) is 0 Å². The lowest BCUT2D eigenvalue weighted by Gasteiger charge is -2.17. The Labute approximate surface area is 96.6 Å². The summed E-state index contributed by atoms with van der Waals surface area (Å²) in [6.07, 6.45) is 4.21. The van der Waals surface area contributed by atoms with Crippen molar-refractivity contribution in [2.75, 3.05) is 0 Å². The summed E-state index contributed by atoms with van der Waals surface area (Å²) < 4.78 is 5.92. The molecule has 0 aromatic heterocycles. The highest BCUT2D eigenvalue weighted by Gasteiger charge is 2.30. The molecule has 2 nitrogen and oxygen atoms in total. The first-order valence-electron chi connectivity index (χ1n) is 5.65. The zero-order chi connectivity index (χ0) is 11.8. The molecule has 1 aromatic rings. The quantitative estimate of drug-likeness (QED) is 0.827. The Balaban J connectivity index is 2.34. The van der Waals surface area contributed by atoms with Crippen LogP contribution < -0.4 is 4.74 Å². The molecule has 2 rings (SSSR count). The summed E-state index contributed by atoms with van der Waals surface area (Å²) in [5.41, 5.74) is 2.18. The average Bonchev–Trinajstić information content (AvgIpc) is 2.48. The van der Waals surface area contributed by atoms with E-state index in [4.69, 9.17) is 4.74 Å². The van der Waals surface area contributed by atoms with Crippen LogP contribution >= 0.6 is 0 Å². The number of hydrogen-bond donors (Lipinski definition) is 1. The van der Waals surface area contributed by atoms with Gasteiger partial charge in [0.05, 0.1) is 6.10 Å². The summed E-state index contributed by atoms with van der Waals surface area (Å²) in [5.74, 6) is 0.962. The van der Waals surface area contributed by atoms with Crippen molar-refractivity contribution in [1.82, 2.24) is 0 Å². The van der Waals surface area contributed by atoms with Crippen LogP contribution in [-0.4, -0.2) is 16.8 Å². The molecular formula is C14H18O2. The number of fused-ring (bicyclic) bond motifs is 1. The van der Waals surface area contributed by atoms with E-state index in [1.165, 1.54) is 5.56 Å². The van der Waals surface area contributed by atoms with Crippen molar-refractivity contribution in [3.05, 3.63) is 35.4 Å². The van der Waals surface area contributed by atoms with Crippen LogP contribution in [0.3, 0.4) is 0 Å². The Bertz CT molecular complexity index is 417. The lowest BCUT2D eigenvalue weighted by molar-refractivity contribution is 0.138. The topological polar surface area (TPSA) is 29.5 Å². The minimum atomic E-state index is -0.426. The van der Waals surface area contributed by atoms with Crippen LogP contribution in [-0.2, 0) is 6.42 Å². The van der Waals surface area contributed by atoms with Gasteiger partial charge in [-0.25, -0.2) is 0 Å². The van der Waals surface area contributed by atoms with Crippen LogP contribution in [0.25, 0.3) is 6.08 Å². The van der Waals surface area contributed by atoms with E-state index in [2.05, 4.69) is 19.9 Å². The highest BCUT2D eigenvalue weighted by molar-refractivity contribution is 5.61. The van der Waals surface area contributed by atoms with Crippen LogP contribution in [0, 0.1) is 0 Å². The van der Waals surface area contributed by atoms with Crippen LogP contribution in [0.4, 0.5) is 0 Å². The minimum absolute atomic E-state index is 0.114. The Morgan fingerprint density at radius 1 is 1.44 bits per heavy atom. The average molecular weight is 218 g/mol. The Kier molecular flexibility index (Phi) is 2.76. The third kappa shape index (κ3) is 2.27. The van der Waals surface area contributed by atoms with E-state index in [0.717, 1.165) is 17.7 Å². The van der Waals surface area contributed by atoms with Gasteiger partial charge in [0, 0.05) is 12.0 Å². The van der Waals surface area contributed by atoms with Crippen LogP contribution in [0.15, 0.2) is 24.3 Å². The summed E-state index contributed by atoms with van der Waals surface area (Å²) in [5, 5.41) is 9.24.